The minimum Gasteiger partial charge on any atom is -0.313 e. The van der Waals surface area contributed by atoms with Gasteiger partial charge in [0.15, 0.2) is 0 Å². The maximum atomic E-state index is 13.7. The van der Waals surface area contributed by atoms with Crippen molar-refractivity contribution in [2.45, 2.75) is 37.6 Å². The Morgan fingerprint density at radius 1 is 1.40 bits per heavy atom. The zero-order valence-electron chi connectivity index (χ0n) is 11.6. The summed E-state index contributed by atoms with van der Waals surface area (Å²) < 4.78 is 13.7. The van der Waals surface area contributed by atoms with Gasteiger partial charge < -0.3 is 5.32 Å². The lowest BCUT2D eigenvalue weighted by Crippen LogP contribution is -2.41. The Kier molecular flexibility index (Phi) is 4.13. The molecule has 1 saturated carbocycles. The van der Waals surface area contributed by atoms with E-state index in [4.69, 9.17) is 0 Å². The molecule has 0 aliphatic heterocycles. The molecule has 1 heterocycles. The van der Waals surface area contributed by atoms with Gasteiger partial charge in [-0.15, -0.1) is 11.3 Å². The molecule has 0 bridgehead atoms. The number of halogens is 1. The van der Waals surface area contributed by atoms with Gasteiger partial charge in [-0.3, -0.25) is 0 Å². The van der Waals surface area contributed by atoms with Crippen molar-refractivity contribution in [2.75, 3.05) is 6.54 Å². The fourth-order valence-corrected chi connectivity index (χ4v) is 3.45. The van der Waals surface area contributed by atoms with Gasteiger partial charge in [-0.2, -0.15) is 0 Å². The quantitative estimate of drug-likeness (QED) is 0.902. The fraction of sp³-hybridized carbons (Fsp3) is 0.438. The summed E-state index contributed by atoms with van der Waals surface area (Å²) in [6.07, 6.45) is 3.92. The average molecular weight is 290 g/mol. The number of nitrogens with one attached hydrogen (secondary N) is 1. The largest absolute Gasteiger partial charge is 0.313 e. The maximum Gasteiger partial charge on any atom is 0.126 e. The Hall–Kier alpha value is -1.26. The van der Waals surface area contributed by atoms with Gasteiger partial charge in [-0.1, -0.05) is 25.1 Å². The van der Waals surface area contributed by atoms with Crippen LogP contribution in [0.4, 0.5) is 4.39 Å². The number of hydrogen-bond acceptors (Lipinski definition) is 3. The molecule has 1 atom stereocenters. The van der Waals surface area contributed by atoms with E-state index in [1.807, 2.05) is 23.7 Å². The molecular formula is C16H19FN2S. The summed E-state index contributed by atoms with van der Waals surface area (Å²) in [6, 6.07) is 7.66. The molecule has 1 aromatic carbocycles. The molecule has 1 aromatic heterocycles. The van der Waals surface area contributed by atoms with E-state index in [0.717, 1.165) is 24.9 Å². The van der Waals surface area contributed by atoms with E-state index in [0.29, 0.717) is 17.9 Å². The van der Waals surface area contributed by atoms with Crippen molar-refractivity contribution in [1.29, 1.82) is 0 Å². The van der Waals surface area contributed by atoms with Crippen molar-refractivity contribution in [3.05, 3.63) is 52.2 Å². The monoisotopic (exact) mass is 290 g/mol. The third-order valence-corrected chi connectivity index (χ3v) is 5.08. The van der Waals surface area contributed by atoms with Crippen LogP contribution in [0, 0.1) is 5.82 Å². The average Bonchev–Trinajstić information content (AvgIpc) is 2.92. The lowest BCUT2D eigenvalue weighted by molar-refractivity contribution is 0.282. The highest BCUT2D eigenvalue weighted by molar-refractivity contribution is 7.09. The molecule has 0 amide bonds. The van der Waals surface area contributed by atoms with E-state index in [1.165, 1.54) is 5.01 Å². The number of benzene rings is 1. The second-order valence-corrected chi connectivity index (χ2v) is 6.49. The highest BCUT2D eigenvalue weighted by atomic mass is 32.1. The first kappa shape index (κ1) is 13.7. The van der Waals surface area contributed by atoms with Crippen LogP contribution in [0.1, 0.15) is 42.2 Å². The highest BCUT2D eigenvalue weighted by Crippen LogP contribution is 2.38. The third-order valence-electron chi connectivity index (χ3n) is 4.07. The van der Waals surface area contributed by atoms with Crippen LogP contribution in [-0.2, 0) is 0 Å². The van der Waals surface area contributed by atoms with Crippen LogP contribution in [0.3, 0.4) is 0 Å². The molecular weight excluding hydrogens is 271 g/mol. The molecule has 106 valence electrons. The van der Waals surface area contributed by atoms with Crippen LogP contribution in [0.25, 0.3) is 0 Å². The number of aromatic nitrogens is 1. The zero-order valence-corrected chi connectivity index (χ0v) is 12.4. The Morgan fingerprint density at radius 2 is 2.20 bits per heavy atom. The van der Waals surface area contributed by atoms with Crippen molar-refractivity contribution in [3.8, 4) is 0 Å². The van der Waals surface area contributed by atoms with Crippen LogP contribution in [0.15, 0.2) is 35.8 Å². The summed E-state index contributed by atoms with van der Waals surface area (Å²) in [6.45, 7) is 3.14. The fourth-order valence-electron chi connectivity index (χ4n) is 2.75. The van der Waals surface area contributed by atoms with E-state index < -0.39 is 0 Å². The summed E-state index contributed by atoms with van der Waals surface area (Å²) in [5.41, 5.74) is 0.874. The molecule has 2 aromatic rings. The molecule has 1 aliphatic carbocycles. The Labute approximate surface area is 123 Å². The molecule has 2 nitrogen and oxygen atoms in total. The summed E-state index contributed by atoms with van der Waals surface area (Å²) in [7, 11) is 0. The normalized spacial score (nSPS) is 23.3. The number of thiazole rings is 1. The predicted molar refractivity (Wildman–Crippen MR) is 80.7 cm³/mol. The van der Waals surface area contributed by atoms with E-state index in [-0.39, 0.29) is 5.82 Å². The van der Waals surface area contributed by atoms with Gasteiger partial charge in [-0.05, 0) is 30.4 Å². The molecule has 3 rings (SSSR count). The standard InChI is InChI=1S/C16H19FN2S/c1-11(16-18-6-7-20-16)10-19-13-8-12(9-13)14-4-2-3-5-15(14)17/h2-7,11-13,19H,8-10H2,1H3. The second kappa shape index (κ2) is 6.02. The minimum absolute atomic E-state index is 0.0629. The van der Waals surface area contributed by atoms with E-state index >= 15 is 0 Å². The van der Waals surface area contributed by atoms with E-state index in [1.54, 1.807) is 23.5 Å². The lowest BCUT2D eigenvalue weighted by atomic mass is 9.75. The van der Waals surface area contributed by atoms with Gasteiger partial charge in [-0.25, -0.2) is 9.37 Å². The van der Waals surface area contributed by atoms with Crippen LogP contribution in [-0.4, -0.2) is 17.6 Å². The first-order valence-electron chi connectivity index (χ1n) is 7.11. The molecule has 1 unspecified atom stereocenters. The summed E-state index contributed by atoms with van der Waals surface area (Å²) in [5.74, 6) is 0.762. The SMILES string of the molecule is CC(CNC1CC(c2ccccc2F)C1)c1nccs1. The first-order valence-corrected chi connectivity index (χ1v) is 7.99. The Balaban J connectivity index is 1.46. The Bertz CT molecular complexity index is 549. The van der Waals surface area contributed by atoms with Crippen LogP contribution >= 0.6 is 11.3 Å². The van der Waals surface area contributed by atoms with Gasteiger partial charge in [0, 0.05) is 30.1 Å². The topological polar surface area (TPSA) is 24.9 Å². The minimum atomic E-state index is -0.0629. The predicted octanol–water partition coefficient (Wildman–Crippen LogP) is 3.92. The molecule has 1 fully saturated rings. The summed E-state index contributed by atoms with van der Waals surface area (Å²) in [5, 5.41) is 6.77. The summed E-state index contributed by atoms with van der Waals surface area (Å²) in [4.78, 5) is 4.34. The maximum absolute atomic E-state index is 13.7. The number of hydrogen-bond donors (Lipinski definition) is 1. The molecule has 4 heteroatoms. The summed E-state index contributed by atoms with van der Waals surface area (Å²) >= 11 is 1.71. The highest BCUT2D eigenvalue weighted by Gasteiger charge is 2.31. The zero-order chi connectivity index (χ0) is 13.9. The molecule has 1 aliphatic rings. The van der Waals surface area contributed by atoms with E-state index in [2.05, 4.69) is 17.2 Å². The lowest BCUT2D eigenvalue weighted by Gasteiger charge is -2.37. The van der Waals surface area contributed by atoms with Crippen molar-refractivity contribution < 1.29 is 4.39 Å². The van der Waals surface area contributed by atoms with Gasteiger partial charge in [0.1, 0.15) is 5.82 Å². The molecule has 20 heavy (non-hydrogen) atoms. The van der Waals surface area contributed by atoms with Gasteiger partial charge in [0.25, 0.3) is 0 Å². The van der Waals surface area contributed by atoms with Gasteiger partial charge in [0.05, 0.1) is 5.01 Å². The molecule has 0 saturated heterocycles. The third kappa shape index (κ3) is 2.91. The van der Waals surface area contributed by atoms with Crippen molar-refractivity contribution in [2.24, 2.45) is 0 Å². The second-order valence-electron chi connectivity index (χ2n) is 5.57. The van der Waals surface area contributed by atoms with Crippen LogP contribution in [0.5, 0.6) is 0 Å². The smallest absolute Gasteiger partial charge is 0.126 e. The molecule has 1 N–H and O–H groups in total. The number of nitrogens with zero attached hydrogens (tertiary/aromatic N) is 1. The van der Waals surface area contributed by atoms with Gasteiger partial charge >= 0.3 is 0 Å². The van der Waals surface area contributed by atoms with Gasteiger partial charge in [0.2, 0.25) is 0 Å². The van der Waals surface area contributed by atoms with Crippen molar-refractivity contribution in [3.63, 3.8) is 0 Å². The molecule has 0 spiro atoms. The van der Waals surface area contributed by atoms with Crippen LogP contribution in [0.2, 0.25) is 0 Å². The number of rotatable bonds is 5. The van der Waals surface area contributed by atoms with Crippen LogP contribution < -0.4 is 5.32 Å². The Morgan fingerprint density at radius 3 is 2.90 bits per heavy atom. The molecule has 0 radical (unpaired) electrons. The van der Waals surface area contributed by atoms with E-state index in [9.17, 15) is 4.39 Å². The van der Waals surface area contributed by atoms with Crippen molar-refractivity contribution >= 4 is 11.3 Å². The van der Waals surface area contributed by atoms with Crippen molar-refractivity contribution in [1.82, 2.24) is 10.3 Å². The first-order chi connectivity index (χ1) is 9.74.